The van der Waals surface area contributed by atoms with Crippen LogP contribution in [0.1, 0.15) is 24.0 Å². The third kappa shape index (κ3) is 2.66. The summed E-state index contributed by atoms with van der Waals surface area (Å²) in [5.74, 6) is 0.782. The maximum Gasteiger partial charge on any atom is 0.226 e. The van der Waals surface area contributed by atoms with Crippen LogP contribution in [0.25, 0.3) is 0 Å². The molecule has 0 radical (unpaired) electrons. The largest absolute Gasteiger partial charge is 0.350 e. The average molecular weight is 301 g/mol. The highest BCUT2D eigenvalue weighted by molar-refractivity contribution is 5.80. The summed E-state index contributed by atoms with van der Waals surface area (Å²) >= 11 is 0. The van der Waals surface area contributed by atoms with Gasteiger partial charge in [0.15, 0.2) is 6.29 Å². The molecule has 1 aromatic carbocycles. The minimum Gasteiger partial charge on any atom is -0.350 e. The van der Waals surface area contributed by atoms with Crippen molar-refractivity contribution in [2.24, 2.45) is 11.8 Å². The number of fused-ring (bicyclic) bond motifs is 1. The van der Waals surface area contributed by atoms with E-state index in [-0.39, 0.29) is 12.2 Å². The van der Waals surface area contributed by atoms with Crippen LogP contribution >= 0.6 is 0 Å². The van der Waals surface area contributed by atoms with E-state index in [1.165, 1.54) is 11.1 Å². The highest BCUT2D eigenvalue weighted by atomic mass is 16.7. The van der Waals surface area contributed by atoms with Crippen molar-refractivity contribution in [1.29, 1.82) is 0 Å². The monoisotopic (exact) mass is 301 g/mol. The Morgan fingerprint density at radius 1 is 1.09 bits per heavy atom. The predicted octanol–water partition coefficient (Wildman–Crippen LogP) is 2.01. The van der Waals surface area contributed by atoms with Crippen molar-refractivity contribution in [2.45, 2.75) is 32.0 Å². The van der Waals surface area contributed by atoms with Gasteiger partial charge in [-0.15, -0.1) is 0 Å². The van der Waals surface area contributed by atoms with Crippen LogP contribution in [0.4, 0.5) is 0 Å². The standard InChI is InChI=1S/C18H23NO3/c20-17(16-10-13-4-1-2-5-14(13)11-16)19-7-3-6-15(12-19)18-21-8-9-22-18/h1-2,4-5,15-16,18H,3,6-12H2. The molecule has 4 rings (SSSR count). The Hall–Kier alpha value is -1.39. The molecule has 118 valence electrons. The zero-order valence-corrected chi connectivity index (χ0v) is 12.9. The number of ether oxygens (including phenoxy) is 2. The Bertz CT molecular complexity index is 528. The number of nitrogens with zero attached hydrogens (tertiary/aromatic N) is 1. The third-order valence-corrected chi connectivity index (χ3v) is 5.20. The first-order valence-electron chi connectivity index (χ1n) is 8.40. The molecule has 0 bridgehead atoms. The van der Waals surface area contributed by atoms with E-state index in [0.29, 0.717) is 25.0 Å². The van der Waals surface area contributed by atoms with Crippen LogP contribution in [0.3, 0.4) is 0 Å². The zero-order chi connectivity index (χ0) is 14.9. The molecule has 0 N–H and O–H groups in total. The SMILES string of the molecule is O=C(C1Cc2ccccc2C1)N1CCCC(C2OCCO2)C1. The van der Waals surface area contributed by atoms with Gasteiger partial charge in [0.1, 0.15) is 0 Å². The van der Waals surface area contributed by atoms with Gasteiger partial charge in [0.2, 0.25) is 5.91 Å². The summed E-state index contributed by atoms with van der Waals surface area (Å²) in [6.45, 7) is 3.05. The molecule has 0 saturated carbocycles. The number of hydrogen-bond donors (Lipinski definition) is 0. The second kappa shape index (κ2) is 6.01. The first kappa shape index (κ1) is 14.2. The van der Waals surface area contributed by atoms with Crippen molar-refractivity contribution in [3.63, 3.8) is 0 Å². The molecule has 1 atom stereocenters. The number of rotatable bonds is 2. The van der Waals surface area contributed by atoms with Crippen molar-refractivity contribution in [3.05, 3.63) is 35.4 Å². The molecular weight excluding hydrogens is 278 g/mol. The number of carbonyl (C=O) groups excluding carboxylic acids is 1. The fourth-order valence-corrected chi connectivity index (χ4v) is 4.07. The number of amides is 1. The van der Waals surface area contributed by atoms with Gasteiger partial charge in [-0.1, -0.05) is 24.3 Å². The van der Waals surface area contributed by atoms with E-state index in [2.05, 4.69) is 29.2 Å². The van der Waals surface area contributed by atoms with Gasteiger partial charge in [-0.2, -0.15) is 0 Å². The van der Waals surface area contributed by atoms with Crippen LogP contribution < -0.4 is 0 Å². The lowest BCUT2D eigenvalue weighted by molar-refractivity contribution is -0.143. The van der Waals surface area contributed by atoms with Crippen LogP contribution in [0.5, 0.6) is 0 Å². The quantitative estimate of drug-likeness (QED) is 0.839. The molecule has 2 fully saturated rings. The molecule has 1 aromatic rings. The topological polar surface area (TPSA) is 38.8 Å². The van der Waals surface area contributed by atoms with Crippen LogP contribution in [0, 0.1) is 11.8 Å². The summed E-state index contributed by atoms with van der Waals surface area (Å²) in [7, 11) is 0. The maximum absolute atomic E-state index is 12.9. The minimum absolute atomic E-state index is 0.101. The number of benzene rings is 1. The van der Waals surface area contributed by atoms with Crippen LogP contribution in [-0.4, -0.2) is 43.4 Å². The number of piperidine rings is 1. The second-order valence-corrected chi connectivity index (χ2v) is 6.67. The molecule has 2 heterocycles. The van der Waals surface area contributed by atoms with Crippen LogP contribution in [0.15, 0.2) is 24.3 Å². The fraction of sp³-hybridized carbons (Fsp3) is 0.611. The van der Waals surface area contributed by atoms with Crippen molar-refractivity contribution in [1.82, 2.24) is 4.90 Å². The van der Waals surface area contributed by atoms with Gasteiger partial charge in [0.25, 0.3) is 0 Å². The van der Waals surface area contributed by atoms with E-state index in [9.17, 15) is 4.79 Å². The number of carbonyl (C=O) groups is 1. The lowest BCUT2D eigenvalue weighted by Gasteiger charge is -2.36. The summed E-state index contributed by atoms with van der Waals surface area (Å²) in [6, 6.07) is 8.44. The summed E-state index contributed by atoms with van der Waals surface area (Å²) in [4.78, 5) is 14.9. The number of hydrogen-bond acceptors (Lipinski definition) is 3. The molecule has 0 aromatic heterocycles. The molecule has 3 aliphatic rings. The Morgan fingerprint density at radius 3 is 2.45 bits per heavy atom. The van der Waals surface area contributed by atoms with Crippen LogP contribution in [-0.2, 0) is 27.1 Å². The molecular formula is C18H23NO3. The van der Waals surface area contributed by atoms with E-state index < -0.39 is 0 Å². The first-order valence-corrected chi connectivity index (χ1v) is 8.40. The van der Waals surface area contributed by atoms with Gasteiger partial charge in [-0.25, -0.2) is 0 Å². The summed E-state index contributed by atoms with van der Waals surface area (Å²) in [6.07, 6.45) is 3.84. The lowest BCUT2D eigenvalue weighted by Crippen LogP contribution is -2.46. The van der Waals surface area contributed by atoms with Crippen LogP contribution in [0.2, 0.25) is 0 Å². The molecule has 22 heavy (non-hydrogen) atoms. The van der Waals surface area contributed by atoms with E-state index in [4.69, 9.17) is 9.47 Å². The zero-order valence-electron chi connectivity index (χ0n) is 12.9. The van der Waals surface area contributed by atoms with E-state index in [0.717, 1.165) is 38.8 Å². The molecule has 1 unspecified atom stereocenters. The predicted molar refractivity (Wildman–Crippen MR) is 82.3 cm³/mol. The summed E-state index contributed by atoms with van der Waals surface area (Å²) < 4.78 is 11.3. The normalized spacial score (nSPS) is 26.4. The van der Waals surface area contributed by atoms with Crippen molar-refractivity contribution >= 4 is 5.91 Å². The van der Waals surface area contributed by atoms with Crippen molar-refractivity contribution in [2.75, 3.05) is 26.3 Å². The molecule has 0 spiro atoms. The molecule has 1 aliphatic carbocycles. The minimum atomic E-state index is -0.101. The van der Waals surface area contributed by atoms with Gasteiger partial charge in [-0.3, -0.25) is 4.79 Å². The molecule has 2 saturated heterocycles. The summed E-state index contributed by atoms with van der Waals surface area (Å²) in [5.41, 5.74) is 2.69. The number of likely N-dealkylation sites (tertiary alicyclic amines) is 1. The molecule has 2 aliphatic heterocycles. The molecule has 4 nitrogen and oxygen atoms in total. The Kier molecular flexibility index (Phi) is 3.89. The highest BCUT2D eigenvalue weighted by Crippen LogP contribution is 2.30. The first-order chi connectivity index (χ1) is 10.8. The van der Waals surface area contributed by atoms with Gasteiger partial charge in [-0.05, 0) is 36.8 Å². The van der Waals surface area contributed by atoms with Gasteiger partial charge in [0.05, 0.1) is 13.2 Å². The Balaban J connectivity index is 1.40. The van der Waals surface area contributed by atoms with E-state index in [1.807, 2.05) is 0 Å². The molecule has 4 heteroatoms. The lowest BCUT2D eigenvalue weighted by atomic mass is 9.95. The summed E-state index contributed by atoms with van der Waals surface area (Å²) in [5, 5.41) is 0. The highest BCUT2D eigenvalue weighted by Gasteiger charge is 2.36. The van der Waals surface area contributed by atoms with Gasteiger partial charge >= 0.3 is 0 Å². The Labute approximate surface area is 131 Å². The van der Waals surface area contributed by atoms with Gasteiger partial charge in [0, 0.05) is 24.9 Å². The fourth-order valence-electron chi connectivity index (χ4n) is 4.07. The third-order valence-electron chi connectivity index (χ3n) is 5.20. The van der Waals surface area contributed by atoms with Crippen molar-refractivity contribution in [3.8, 4) is 0 Å². The molecule has 1 amide bonds. The smallest absolute Gasteiger partial charge is 0.226 e. The van der Waals surface area contributed by atoms with E-state index in [1.54, 1.807) is 0 Å². The average Bonchev–Trinajstić information content (AvgIpc) is 3.23. The Morgan fingerprint density at radius 2 is 1.77 bits per heavy atom. The van der Waals surface area contributed by atoms with Gasteiger partial charge < -0.3 is 14.4 Å². The van der Waals surface area contributed by atoms with E-state index >= 15 is 0 Å². The maximum atomic E-state index is 12.9. The second-order valence-electron chi connectivity index (χ2n) is 6.67. The van der Waals surface area contributed by atoms with Crippen molar-refractivity contribution < 1.29 is 14.3 Å².